The first-order valence-corrected chi connectivity index (χ1v) is 12.7. The second-order valence-electron chi connectivity index (χ2n) is 9.46. The zero-order valence-electron chi connectivity index (χ0n) is 20.0. The quantitative estimate of drug-likeness (QED) is 0.175. The molecule has 0 aliphatic rings. The van der Waals surface area contributed by atoms with E-state index in [0.717, 1.165) is 0 Å². The van der Waals surface area contributed by atoms with Crippen molar-refractivity contribution in [1.82, 2.24) is 4.57 Å². The molecule has 0 unspecified atom stereocenters. The second kappa shape index (κ2) is 16.1. The van der Waals surface area contributed by atoms with E-state index in [4.69, 9.17) is 0 Å². The Morgan fingerprint density at radius 3 is 1.50 bits per heavy atom. The standard InChI is InChI=1S/C26H51N2/c1-6-7-8-9-10-11-12-13-14-15-16-17-18-19-20-21-27-22-23-28(25(4)5)26(27)24(2)3/h22-25H,6-21H2,1-5H3/q+1. The molecule has 0 bridgehead atoms. The molecule has 0 aromatic carbocycles. The van der Waals surface area contributed by atoms with Crippen molar-refractivity contribution < 1.29 is 4.57 Å². The van der Waals surface area contributed by atoms with Crippen LogP contribution in [0.2, 0.25) is 0 Å². The molecule has 2 heteroatoms. The highest BCUT2D eigenvalue weighted by molar-refractivity contribution is 4.91. The number of rotatable bonds is 18. The minimum Gasteiger partial charge on any atom is -0.234 e. The molecule has 0 aliphatic carbocycles. The Morgan fingerprint density at radius 1 is 0.679 bits per heavy atom. The SMILES string of the molecule is CCCCCCCCCCCCCCCCC[n+]1ccn(C(C)C)c1C(C)C. The highest BCUT2D eigenvalue weighted by Gasteiger charge is 2.21. The van der Waals surface area contributed by atoms with Gasteiger partial charge in [-0.15, -0.1) is 0 Å². The van der Waals surface area contributed by atoms with Gasteiger partial charge in [-0.3, -0.25) is 0 Å². The molecule has 1 rings (SSSR count). The topological polar surface area (TPSA) is 8.81 Å². The van der Waals surface area contributed by atoms with Crippen LogP contribution < -0.4 is 4.57 Å². The highest BCUT2D eigenvalue weighted by Crippen LogP contribution is 2.16. The van der Waals surface area contributed by atoms with E-state index >= 15 is 0 Å². The van der Waals surface area contributed by atoms with E-state index in [1.54, 1.807) is 0 Å². The van der Waals surface area contributed by atoms with Crippen LogP contribution in [-0.2, 0) is 6.54 Å². The Bertz CT molecular complexity index is 473. The van der Waals surface area contributed by atoms with Crippen molar-refractivity contribution in [2.75, 3.05) is 0 Å². The third kappa shape index (κ3) is 10.7. The molecule has 164 valence electrons. The van der Waals surface area contributed by atoms with E-state index in [-0.39, 0.29) is 0 Å². The lowest BCUT2D eigenvalue weighted by atomic mass is 10.0. The molecule has 28 heavy (non-hydrogen) atoms. The maximum Gasteiger partial charge on any atom is 0.259 e. The molecule has 0 atom stereocenters. The van der Waals surface area contributed by atoms with Gasteiger partial charge in [-0.2, -0.15) is 0 Å². The third-order valence-corrected chi connectivity index (χ3v) is 6.04. The Kier molecular flexibility index (Phi) is 14.5. The summed E-state index contributed by atoms with van der Waals surface area (Å²) in [5, 5.41) is 0. The van der Waals surface area contributed by atoms with Crippen molar-refractivity contribution in [3.05, 3.63) is 18.2 Å². The van der Waals surface area contributed by atoms with Crippen molar-refractivity contribution in [2.24, 2.45) is 0 Å². The fraction of sp³-hybridized carbons (Fsp3) is 0.885. The Hall–Kier alpha value is -0.790. The van der Waals surface area contributed by atoms with Gasteiger partial charge < -0.3 is 0 Å². The molecule has 0 saturated carbocycles. The minimum atomic E-state index is 0.555. The van der Waals surface area contributed by atoms with Gasteiger partial charge in [-0.05, 0) is 26.7 Å². The zero-order chi connectivity index (χ0) is 20.6. The van der Waals surface area contributed by atoms with Crippen LogP contribution in [-0.4, -0.2) is 4.57 Å². The Morgan fingerprint density at radius 2 is 1.11 bits per heavy atom. The molecule has 0 radical (unpaired) electrons. The number of hydrogen-bond donors (Lipinski definition) is 0. The molecular weight excluding hydrogens is 340 g/mol. The number of unbranched alkanes of at least 4 members (excludes halogenated alkanes) is 14. The zero-order valence-corrected chi connectivity index (χ0v) is 20.0. The van der Waals surface area contributed by atoms with E-state index in [2.05, 4.69) is 56.1 Å². The second-order valence-corrected chi connectivity index (χ2v) is 9.46. The van der Waals surface area contributed by atoms with Gasteiger partial charge in [0, 0.05) is 0 Å². The van der Waals surface area contributed by atoms with Crippen LogP contribution in [0.5, 0.6) is 0 Å². The van der Waals surface area contributed by atoms with Gasteiger partial charge in [0.05, 0.1) is 18.5 Å². The van der Waals surface area contributed by atoms with Gasteiger partial charge in [0.1, 0.15) is 12.4 Å². The largest absolute Gasteiger partial charge is 0.259 e. The summed E-state index contributed by atoms with van der Waals surface area (Å²) in [4.78, 5) is 0. The monoisotopic (exact) mass is 391 g/mol. The van der Waals surface area contributed by atoms with E-state index in [1.807, 2.05) is 0 Å². The molecule has 0 aliphatic heterocycles. The summed E-state index contributed by atoms with van der Waals surface area (Å²) < 4.78 is 4.93. The molecule has 1 heterocycles. The summed E-state index contributed by atoms with van der Waals surface area (Å²) in [5.41, 5.74) is 0. The predicted octanol–water partition coefficient (Wildman–Crippen LogP) is 8.35. The molecule has 0 fully saturated rings. The van der Waals surface area contributed by atoms with Gasteiger partial charge in [-0.25, -0.2) is 9.13 Å². The number of nitrogens with zero attached hydrogens (tertiary/aromatic N) is 2. The third-order valence-electron chi connectivity index (χ3n) is 6.04. The number of imidazole rings is 1. The fourth-order valence-corrected chi connectivity index (χ4v) is 4.36. The lowest BCUT2D eigenvalue weighted by molar-refractivity contribution is -0.705. The first kappa shape index (κ1) is 25.2. The summed E-state index contributed by atoms with van der Waals surface area (Å²) in [5.74, 6) is 2.08. The fourth-order valence-electron chi connectivity index (χ4n) is 4.36. The van der Waals surface area contributed by atoms with E-state index in [1.165, 1.54) is 109 Å². The van der Waals surface area contributed by atoms with E-state index in [9.17, 15) is 0 Å². The summed E-state index contributed by atoms with van der Waals surface area (Å²) in [6, 6.07) is 0.555. The lowest BCUT2D eigenvalue weighted by Crippen LogP contribution is -2.38. The van der Waals surface area contributed by atoms with Crippen LogP contribution in [0.4, 0.5) is 0 Å². The first-order chi connectivity index (χ1) is 13.6. The molecule has 0 amide bonds. The van der Waals surface area contributed by atoms with Crippen molar-refractivity contribution >= 4 is 0 Å². The van der Waals surface area contributed by atoms with Crippen LogP contribution in [0.25, 0.3) is 0 Å². The van der Waals surface area contributed by atoms with Crippen LogP contribution in [0.15, 0.2) is 12.4 Å². The Labute approximate surface area is 177 Å². The number of hydrogen-bond acceptors (Lipinski definition) is 0. The highest BCUT2D eigenvalue weighted by atomic mass is 15.2. The minimum absolute atomic E-state index is 0.555. The van der Waals surface area contributed by atoms with Crippen LogP contribution in [0.3, 0.4) is 0 Å². The van der Waals surface area contributed by atoms with Gasteiger partial charge in [-0.1, -0.05) is 104 Å². The van der Waals surface area contributed by atoms with Crippen LogP contribution in [0, 0.1) is 0 Å². The van der Waals surface area contributed by atoms with Crippen molar-refractivity contribution in [3.8, 4) is 0 Å². The summed E-state index contributed by atoms with van der Waals surface area (Å²) >= 11 is 0. The molecular formula is C26H51N2+. The molecule has 0 N–H and O–H groups in total. The molecule has 1 aromatic rings. The normalized spacial score (nSPS) is 11.8. The summed E-state index contributed by atoms with van der Waals surface area (Å²) in [6.07, 6.45) is 26.1. The van der Waals surface area contributed by atoms with Gasteiger partial charge in [0.25, 0.3) is 5.82 Å². The summed E-state index contributed by atoms with van der Waals surface area (Å²) in [7, 11) is 0. The maximum atomic E-state index is 2.49. The average Bonchev–Trinajstić information content (AvgIpc) is 3.09. The molecule has 2 nitrogen and oxygen atoms in total. The van der Waals surface area contributed by atoms with Gasteiger partial charge in [0.2, 0.25) is 0 Å². The predicted molar refractivity (Wildman–Crippen MR) is 124 cm³/mol. The van der Waals surface area contributed by atoms with Gasteiger partial charge in [0.15, 0.2) is 0 Å². The lowest BCUT2D eigenvalue weighted by Gasteiger charge is -2.10. The Balaban J connectivity index is 1.97. The number of aromatic nitrogens is 2. The van der Waals surface area contributed by atoms with Crippen molar-refractivity contribution in [1.29, 1.82) is 0 Å². The summed E-state index contributed by atoms with van der Waals surface area (Å²) in [6.45, 7) is 12.7. The average molecular weight is 392 g/mol. The molecule has 0 spiro atoms. The van der Waals surface area contributed by atoms with Crippen LogP contribution in [0.1, 0.15) is 149 Å². The van der Waals surface area contributed by atoms with Crippen molar-refractivity contribution in [3.63, 3.8) is 0 Å². The number of aryl methyl sites for hydroxylation is 1. The maximum absolute atomic E-state index is 2.49. The van der Waals surface area contributed by atoms with Crippen LogP contribution >= 0.6 is 0 Å². The van der Waals surface area contributed by atoms with Gasteiger partial charge >= 0.3 is 0 Å². The van der Waals surface area contributed by atoms with E-state index in [0.29, 0.717) is 12.0 Å². The van der Waals surface area contributed by atoms with E-state index < -0.39 is 0 Å². The first-order valence-electron chi connectivity index (χ1n) is 12.7. The molecule has 1 aromatic heterocycles. The van der Waals surface area contributed by atoms with Crippen molar-refractivity contribution in [2.45, 2.75) is 149 Å². The smallest absolute Gasteiger partial charge is 0.234 e. The molecule has 0 saturated heterocycles.